The van der Waals surface area contributed by atoms with Crippen molar-refractivity contribution >= 4 is 17.8 Å². The molecule has 138 valence electrons. The summed E-state index contributed by atoms with van der Waals surface area (Å²) in [5.74, 6) is -1.73. The van der Waals surface area contributed by atoms with Crippen LogP contribution in [0.1, 0.15) is 90.4 Å². The van der Waals surface area contributed by atoms with Gasteiger partial charge in [-0.1, -0.05) is 64.7 Å². The molecule has 0 aromatic heterocycles. The minimum absolute atomic E-state index is 0.0765. The summed E-state index contributed by atoms with van der Waals surface area (Å²) in [7, 11) is 0. The van der Waals surface area contributed by atoms with Crippen molar-refractivity contribution in [3.63, 3.8) is 0 Å². The number of imide groups is 1. The number of unbranched alkanes of at least 4 members (excludes halogenated alkanes) is 8. The smallest absolute Gasteiger partial charge is 0.335 e. The first kappa shape index (κ1) is 20.6. The molecule has 1 atom stereocenters. The van der Waals surface area contributed by atoms with Crippen molar-refractivity contribution in [2.75, 3.05) is 0 Å². The van der Waals surface area contributed by atoms with Crippen LogP contribution >= 0.6 is 0 Å². The zero-order valence-electron chi connectivity index (χ0n) is 14.8. The van der Waals surface area contributed by atoms with E-state index in [4.69, 9.17) is 4.84 Å². The minimum Gasteiger partial charge on any atom is -0.393 e. The molecule has 0 aromatic rings. The Hall–Kier alpha value is -1.43. The number of amides is 2. The first-order chi connectivity index (χ1) is 11.5. The average Bonchev–Trinajstić information content (AvgIpc) is 2.85. The number of rotatable bonds is 13. The third-order valence-electron chi connectivity index (χ3n) is 4.24. The van der Waals surface area contributed by atoms with E-state index in [9.17, 15) is 19.5 Å². The van der Waals surface area contributed by atoms with Crippen LogP contribution in [-0.2, 0) is 19.2 Å². The molecular weight excluding hydrogens is 310 g/mol. The van der Waals surface area contributed by atoms with Crippen molar-refractivity contribution in [2.24, 2.45) is 0 Å². The van der Waals surface area contributed by atoms with Crippen molar-refractivity contribution in [3.05, 3.63) is 0 Å². The van der Waals surface area contributed by atoms with Gasteiger partial charge in [-0.25, -0.2) is 4.79 Å². The number of aliphatic hydroxyl groups is 1. The second kappa shape index (κ2) is 12.0. The number of nitrogens with zero attached hydrogens (tertiary/aromatic N) is 1. The molecule has 0 aliphatic carbocycles. The van der Waals surface area contributed by atoms with Crippen LogP contribution in [-0.4, -0.2) is 34.1 Å². The van der Waals surface area contributed by atoms with Crippen molar-refractivity contribution in [1.29, 1.82) is 0 Å². The van der Waals surface area contributed by atoms with Gasteiger partial charge in [0, 0.05) is 12.8 Å². The summed E-state index contributed by atoms with van der Waals surface area (Å²) in [4.78, 5) is 39.0. The largest absolute Gasteiger partial charge is 0.393 e. The molecule has 1 aliphatic heterocycles. The summed E-state index contributed by atoms with van der Waals surface area (Å²) in [6.45, 7) is 2.21. The SMILES string of the molecule is CCCCCCCCCCC[C@@H](O)CC(=O)ON1C(=O)CCC1=O. The molecule has 0 radical (unpaired) electrons. The van der Waals surface area contributed by atoms with Gasteiger partial charge in [0.05, 0.1) is 12.5 Å². The van der Waals surface area contributed by atoms with Gasteiger partial charge < -0.3 is 9.94 Å². The Kier molecular flexibility index (Phi) is 10.3. The number of hydroxylamine groups is 2. The molecule has 0 bridgehead atoms. The highest BCUT2D eigenvalue weighted by atomic mass is 16.7. The molecule has 1 rings (SSSR count). The number of carbonyl (C=O) groups excluding carboxylic acids is 3. The zero-order chi connectivity index (χ0) is 17.8. The quantitative estimate of drug-likeness (QED) is 0.410. The molecule has 1 fully saturated rings. The van der Waals surface area contributed by atoms with Crippen LogP contribution < -0.4 is 0 Å². The van der Waals surface area contributed by atoms with Crippen molar-refractivity contribution in [3.8, 4) is 0 Å². The highest BCUT2D eigenvalue weighted by Gasteiger charge is 2.33. The van der Waals surface area contributed by atoms with Crippen molar-refractivity contribution in [2.45, 2.75) is 96.5 Å². The molecule has 1 saturated heterocycles. The predicted molar refractivity (Wildman–Crippen MR) is 89.6 cm³/mol. The van der Waals surface area contributed by atoms with Crippen LogP contribution in [0.2, 0.25) is 0 Å². The summed E-state index contributed by atoms with van der Waals surface area (Å²) in [6, 6.07) is 0. The Morgan fingerprint density at radius 1 is 1.00 bits per heavy atom. The second-order valence-corrected chi connectivity index (χ2v) is 6.52. The fraction of sp³-hybridized carbons (Fsp3) is 0.833. The van der Waals surface area contributed by atoms with Gasteiger partial charge in [-0.15, -0.1) is 5.06 Å². The topological polar surface area (TPSA) is 83.9 Å². The van der Waals surface area contributed by atoms with Crippen LogP contribution in [0.15, 0.2) is 0 Å². The van der Waals surface area contributed by atoms with E-state index < -0.39 is 23.9 Å². The van der Waals surface area contributed by atoms with Crippen LogP contribution in [0.25, 0.3) is 0 Å². The maximum atomic E-state index is 11.6. The zero-order valence-corrected chi connectivity index (χ0v) is 14.8. The molecule has 6 heteroatoms. The average molecular weight is 341 g/mol. The molecule has 24 heavy (non-hydrogen) atoms. The van der Waals surface area contributed by atoms with Crippen molar-refractivity contribution < 1.29 is 24.3 Å². The predicted octanol–water partition coefficient (Wildman–Crippen LogP) is 3.27. The molecule has 0 aromatic carbocycles. The van der Waals surface area contributed by atoms with Gasteiger partial charge in [0.15, 0.2) is 0 Å². The lowest BCUT2D eigenvalue weighted by molar-refractivity contribution is -0.198. The van der Waals surface area contributed by atoms with Gasteiger partial charge >= 0.3 is 5.97 Å². The second-order valence-electron chi connectivity index (χ2n) is 6.52. The van der Waals surface area contributed by atoms with Crippen LogP contribution in [0.4, 0.5) is 0 Å². The Balaban J connectivity index is 2.01. The number of hydrogen-bond acceptors (Lipinski definition) is 5. The molecule has 1 heterocycles. The number of aliphatic hydroxyl groups excluding tert-OH is 1. The molecule has 1 aliphatic rings. The first-order valence-electron chi connectivity index (χ1n) is 9.29. The first-order valence-corrected chi connectivity index (χ1v) is 9.29. The summed E-state index contributed by atoms with van der Waals surface area (Å²) < 4.78 is 0. The van der Waals surface area contributed by atoms with E-state index in [1.807, 2.05) is 0 Å². The third-order valence-corrected chi connectivity index (χ3v) is 4.24. The summed E-state index contributed by atoms with van der Waals surface area (Å²) >= 11 is 0. The van der Waals surface area contributed by atoms with E-state index in [0.29, 0.717) is 11.5 Å². The highest BCUT2D eigenvalue weighted by molar-refractivity contribution is 6.01. The lowest BCUT2D eigenvalue weighted by Gasteiger charge is -2.14. The van der Waals surface area contributed by atoms with E-state index in [1.165, 1.54) is 38.5 Å². The fourth-order valence-electron chi connectivity index (χ4n) is 2.78. The van der Waals surface area contributed by atoms with E-state index >= 15 is 0 Å². The minimum atomic E-state index is -0.783. The summed E-state index contributed by atoms with van der Waals surface area (Å²) in [6.07, 6.45) is 10.5. The molecular formula is C18H31NO5. The van der Waals surface area contributed by atoms with E-state index in [1.54, 1.807) is 0 Å². The Morgan fingerprint density at radius 2 is 1.50 bits per heavy atom. The molecule has 0 spiro atoms. The van der Waals surface area contributed by atoms with E-state index in [0.717, 1.165) is 19.3 Å². The molecule has 0 saturated carbocycles. The maximum absolute atomic E-state index is 11.6. The Labute approximate surface area is 144 Å². The molecule has 0 unspecified atom stereocenters. The van der Waals surface area contributed by atoms with E-state index in [-0.39, 0.29) is 19.3 Å². The van der Waals surface area contributed by atoms with Gasteiger partial charge in [-0.2, -0.15) is 0 Å². The highest BCUT2D eigenvalue weighted by Crippen LogP contribution is 2.15. The van der Waals surface area contributed by atoms with Gasteiger partial charge in [-0.05, 0) is 6.42 Å². The van der Waals surface area contributed by atoms with E-state index in [2.05, 4.69) is 6.92 Å². The molecule has 1 N–H and O–H groups in total. The third kappa shape index (κ3) is 8.43. The summed E-state index contributed by atoms with van der Waals surface area (Å²) in [5, 5.41) is 10.4. The lowest BCUT2D eigenvalue weighted by Crippen LogP contribution is -2.33. The number of hydrogen-bond donors (Lipinski definition) is 1. The van der Waals surface area contributed by atoms with Crippen LogP contribution in [0.3, 0.4) is 0 Å². The Bertz CT molecular complexity index is 394. The van der Waals surface area contributed by atoms with Crippen LogP contribution in [0, 0.1) is 0 Å². The van der Waals surface area contributed by atoms with Gasteiger partial charge in [-0.3, -0.25) is 9.59 Å². The fourth-order valence-corrected chi connectivity index (χ4v) is 2.78. The summed E-state index contributed by atoms with van der Waals surface area (Å²) in [5.41, 5.74) is 0. The van der Waals surface area contributed by atoms with Gasteiger partial charge in [0.25, 0.3) is 11.8 Å². The van der Waals surface area contributed by atoms with Crippen LogP contribution in [0.5, 0.6) is 0 Å². The van der Waals surface area contributed by atoms with Gasteiger partial charge in [0.1, 0.15) is 0 Å². The maximum Gasteiger partial charge on any atom is 0.335 e. The standard InChI is InChI=1S/C18H31NO5/c1-2-3-4-5-6-7-8-9-10-11-15(20)14-18(23)24-19-16(21)12-13-17(19)22/h15,20H,2-14H2,1H3/t15-/m1/s1. The normalized spacial score (nSPS) is 15.8. The molecule has 2 amide bonds. The monoisotopic (exact) mass is 341 g/mol. The van der Waals surface area contributed by atoms with Gasteiger partial charge in [0.2, 0.25) is 0 Å². The molecule has 6 nitrogen and oxygen atoms in total. The van der Waals surface area contributed by atoms with Crippen molar-refractivity contribution in [1.82, 2.24) is 5.06 Å². The Morgan fingerprint density at radius 3 is 2.04 bits per heavy atom. The lowest BCUT2D eigenvalue weighted by atomic mass is 10.0. The number of carbonyl (C=O) groups is 3.